The van der Waals surface area contributed by atoms with Crippen molar-refractivity contribution in [3.63, 3.8) is 0 Å². The van der Waals surface area contributed by atoms with Gasteiger partial charge in [0.15, 0.2) is 0 Å². The number of amides is 1. The molecule has 1 unspecified atom stereocenters. The molecular weight excluding hydrogens is 242 g/mol. The van der Waals surface area contributed by atoms with Crippen LogP contribution in [0.2, 0.25) is 0 Å². The summed E-state index contributed by atoms with van der Waals surface area (Å²) in [5.41, 5.74) is 7.71. The summed E-state index contributed by atoms with van der Waals surface area (Å²) in [6.45, 7) is 3.52. The number of rotatable bonds is 3. The van der Waals surface area contributed by atoms with Crippen LogP contribution in [0.15, 0.2) is 0 Å². The minimum Gasteiger partial charge on any atom is -0.395 e. The number of likely N-dealkylation sites (tertiary alicyclic amines) is 1. The highest BCUT2D eigenvalue weighted by molar-refractivity contribution is 5.98. The Morgan fingerprint density at radius 1 is 1.53 bits per heavy atom. The Morgan fingerprint density at radius 2 is 2.21 bits per heavy atom. The lowest BCUT2D eigenvalue weighted by Gasteiger charge is -2.27. The second-order valence-electron chi connectivity index (χ2n) is 5.53. The molecule has 0 saturated carbocycles. The molecular formula is C13H23N5O. The van der Waals surface area contributed by atoms with Crippen LogP contribution in [0.3, 0.4) is 0 Å². The van der Waals surface area contributed by atoms with E-state index in [2.05, 4.69) is 10.00 Å². The van der Waals surface area contributed by atoms with Gasteiger partial charge in [0.1, 0.15) is 5.69 Å². The number of likely N-dealkylation sites (N-methyl/N-ethyl adjacent to an activating group) is 1. The maximum absolute atomic E-state index is 12.7. The fourth-order valence-corrected chi connectivity index (χ4v) is 2.78. The molecule has 0 radical (unpaired) electrons. The van der Waals surface area contributed by atoms with Gasteiger partial charge in [-0.2, -0.15) is 5.10 Å². The van der Waals surface area contributed by atoms with E-state index in [0.717, 1.165) is 25.9 Å². The molecule has 1 saturated heterocycles. The summed E-state index contributed by atoms with van der Waals surface area (Å²) in [6.07, 6.45) is 2.11. The third kappa shape index (κ3) is 2.58. The van der Waals surface area contributed by atoms with Crippen molar-refractivity contribution in [1.29, 1.82) is 0 Å². The normalized spacial score (nSPS) is 19.4. The van der Waals surface area contributed by atoms with E-state index in [0.29, 0.717) is 17.1 Å². The first-order valence-electron chi connectivity index (χ1n) is 6.66. The molecule has 0 aromatic carbocycles. The molecule has 2 N–H and O–H groups in total. The monoisotopic (exact) mass is 265 g/mol. The number of anilines is 1. The van der Waals surface area contributed by atoms with Crippen molar-refractivity contribution < 1.29 is 4.79 Å². The van der Waals surface area contributed by atoms with Crippen LogP contribution in [0.1, 0.15) is 29.0 Å². The molecule has 1 amide bonds. The molecule has 1 aromatic heterocycles. The number of aryl methyl sites for hydroxylation is 2. The summed E-state index contributed by atoms with van der Waals surface area (Å²) >= 11 is 0. The SMILES string of the molecule is Cc1nn(C)c(C(=O)N2CCCC2CN(C)C)c1N. The minimum absolute atomic E-state index is 0.00458. The van der Waals surface area contributed by atoms with E-state index >= 15 is 0 Å². The van der Waals surface area contributed by atoms with Crippen molar-refractivity contribution in [3.8, 4) is 0 Å². The molecule has 1 fully saturated rings. The van der Waals surface area contributed by atoms with Gasteiger partial charge in [-0.25, -0.2) is 0 Å². The van der Waals surface area contributed by atoms with Crippen LogP contribution in [-0.2, 0) is 7.05 Å². The van der Waals surface area contributed by atoms with Crippen molar-refractivity contribution in [1.82, 2.24) is 19.6 Å². The first-order chi connectivity index (χ1) is 8.91. The van der Waals surface area contributed by atoms with Crippen molar-refractivity contribution in [3.05, 3.63) is 11.4 Å². The van der Waals surface area contributed by atoms with Crippen molar-refractivity contribution in [2.45, 2.75) is 25.8 Å². The standard InChI is InChI=1S/C13H23N5O/c1-9-11(14)12(17(4)15-9)13(19)18-7-5-6-10(18)8-16(2)3/h10H,5-8,14H2,1-4H3. The Balaban J connectivity index is 2.23. The Labute approximate surface area is 114 Å². The zero-order valence-corrected chi connectivity index (χ0v) is 12.2. The van der Waals surface area contributed by atoms with Gasteiger partial charge in [-0.15, -0.1) is 0 Å². The summed E-state index contributed by atoms with van der Waals surface area (Å²) in [5.74, 6) is 0.00458. The first-order valence-corrected chi connectivity index (χ1v) is 6.66. The van der Waals surface area contributed by atoms with Crippen molar-refractivity contribution in [2.75, 3.05) is 32.9 Å². The first kappa shape index (κ1) is 13.9. The molecule has 0 bridgehead atoms. The van der Waals surface area contributed by atoms with Crippen LogP contribution >= 0.6 is 0 Å². The van der Waals surface area contributed by atoms with Gasteiger partial charge in [0.25, 0.3) is 5.91 Å². The second kappa shape index (κ2) is 5.21. The quantitative estimate of drug-likeness (QED) is 0.863. The van der Waals surface area contributed by atoms with Crippen LogP contribution in [0, 0.1) is 6.92 Å². The lowest BCUT2D eigenvalue weighted by molar-refractivity contribution is 0.0706. The molecule has 106 valence electrons. The van der Waals surface area contributed by atoms with Crippen LogP contribution in [0.5, 0.6) is 0 Å². The number of nitrogen functional groups attached to an aromatic ring is 1. The zero-order valence-electron chi connectivity index (χ0n) is 12.2. The van der Waals surface area contributed by atoms with Crippen LogP contribution in [0.25, 0.3) is 0 Å². The van der Waals surface area contributed by atoms with E-state index in [1.165, 1.54) is 0 Å². The van der Waals surface area contributed by atoms with Gasteiger partial charge in [0.05, 0.1) is 11.4 Å². The van der Waals surface area contributed by atoms with Crippen molar-refractivity contribution in [2.24, 2.45) is 7.05 Å². The van der Waals surface area contributed by atoms with E-state index in [1.54, 1.807) is 11.7 Å². The van der Waals surface area contributed by atoms with Crippen LogP contribution in [0.4, 0.5) is 5.69 Å². The van der Waals surface area contributed by atoms with Gasteiger partial charge in [0, 0.05) is 26.2 Å². The highest BCUT2D eigenvalue weighted by Gasteiger charge is 2.32. The van der Waals surface area contributed by atoms with Gasteiger partial charge in [0.2, 0.25) is 0 Å². The molecule has 0 aliphatic carbocycles. The highest BCUT2D eigenvalue weighted by atomic mass is 16.2. The predicted molar refractivity (Wildman–Crippen MR) is 75.0 cm³/mol. The Morgan fingerprint density at radius 3 is 2.74 bits per heavy atom. The molecule has 1 aromatic rings. The molecule has 1 aliphatic rings. The summed E-state index contributed by atoms with van der Waals surface area (Å²) in [7, 11) is 5.83. The summed E-state index contributed by atoms with van der Waals surface area (Å²) in [6, 6.07) is 0.275. The molecule has 2 heterocycles. The molecule has 0 spiro atoms. The average Bonchev–Trinajstić information content (AvgIpc) is 2.84. The molecule has 1 atom stereocenters. The zero-order chi connectivity index (χ0) is 14.2. The molecule has 2 rings (SSSR count). The summed E-state index contributed by atoms with van der Waals surface area (Å²) < 4.78 is 1.60. The summed E-state index contributed by atoms with van der Waals surface area (Å²) in [5, 5.41) is 4.22. The topological polar surface area (TPSA) is 67.4 Å². The maximum atomic E-state index is 12.7. The van der Waals surface area contributed by atoms with Gasteiger partial charge >= 0.3 is 0 Å². The number of nitrogens with two attached hydrogens (primary N) is 1. The van der Waals surface area contributed by atoms with E-state index in [1.807, 2.05) is 25.9 Å². The van der Waals surface area contributed by atoms with Gasteiger partial charge < -0.3 is 15.5 Å². The number of hydrogen-bond donors (Lipinski definition) is 1. The second-order valence-corrected chi connectivity index (χ2v) is 5.53. The van der Waals surface area contributed by atoms with Gasteiger partial charge in [-0.1, -0.05) is 0 Å². The van der Waals surface area contributed by atoms with Crippen LogP contribution in [-0.4, -0.2) is 58.7 Å². The van der Waals surface area contributed by atoms with E-state index < -0.39 is 0 Å². The maximum Gasteiger partial charge on any atom is 0.274 e. The predicted octanol–water partition coefficient (Wildman–Crippen LogP) is 0.477. The number of aromatic nitrogens is 2. The number of nitrogens with zero attached hydrogens (tertiary/aromatic N) is 4. The van der Waals surface area contributed by atoms with Gasteiger partial charge in [-0.05, 0) is 33.9 Å². The molecule has 19 heavy (non-hydrogen) atoms. The Hall–Kier alpha value is -1.56. The number of carbonyl (C=O) groups excluding carboxylic acids is 1. The van der Waals surface area contributed by atoms with E-state index in [-0.39, 0.29) is 11.9 Å². The van der Waals surface area contributed by atoms with Crippen LogP contribution < -0.4 is 5.73 Å². The third-order valence-electron chi connectivity index (χ3n) is 3.68. The largest absolute Gasteiger partial charge is 0.395 e. The van der Waals surface area contributed by atoms with Crippen molar-refractivity contribution >= 4 is 11.6 Å². The minimum atomic E-state index is 0.00458. The summed E-state index contributed by atoms with van der Waals surface area (Å²) in [4.78, 5) is 16.7. The smallest absolute Gasteiger partial charge is 0.274 e. The molecule has 1 aliphatic heterocycles. The average molecular weight is 265 g/mol. The van der Waals surface area contributed by atoms with E-state index in [9.17, 15) is 4.79 Å². The van der Waals surface area contributed by atoms with E-state index in [4.69, 9.17) is 5.73 Å². The number of carbonyl (C=O) groups is 1. The highest BCUT2D eigenvalue weighted by Crippen LogP contribution is 2.24. The Bertz CT molecular complexity index is 480. The van der Waals surface area contributed by atoms with Gasteiger partial charge in [-0.3, -0.25) is 9.48 Å². The molecule has 6 nitrogen and oxygen atoms in total. The lowest BCUT2D eigenvalue weighted by atomic mass is 10.2. The third-order valence-corrected chi connectivity index (χ3v) is 3.68. The molecule has 6 heteroatoms. The fourth-order valence-electron chi connectivity index (χ4n) is 2.78. The fraction of sp³-hybridized carbons (Fsp3) is 0.692. The Kier molecular flexibility index (Phi) is 3.80. The number of hydrogen-bond acceptors (Lipinski definition) is 4. The lowest BCUT2D eigenvalue weighted by Crippen LogP contribution is -2.42.